The molecule has 0 saturated carbocycles. The summed E-state index contributed by atoms with van der Waals surface area (Å²) in [6.07, 6.45) is -0.0427. The standard InChI is InChI=1S/C19H16F3N5O4/c20-19(21,22)31-13-3-1-12(2-4-13)27-17(29)15-9-11(5-8-26(15)18(27)30)25-16(28)14-10-23-6-7-24-14/h1-4,6-7,10-11,15H,5,8-9H2,(H,25,28). The van der Waals surface area contributed by atoms with Crippen molar-refractivity contribution >= 4 is 23.5 Å². The van der Waals surface area contributed by atoms with Gasteiger partial charge in [-0.3, -0.25) is 14.6 Å². The van der Waals surface area contributed by atoms with Crippen LogP contribution in [0.15, 0.2) is 42.9 Å². The molecule has 3 heterocycles. The van der Waals surface area contributed by atoms with Crippen molar-refractivity contribution < 1.29 is 32.3 Å². The zero-order valence-electron chi connectivity index (χ0n) is 15.9. The van der Waals surface area contributed by atoms with E-state index in [4.69, 9.17) is 0 Å². The van der Waals surface area contributed by atoms with E-state index < -0.39 is 36.0 Å². The largest absolute Gasteiger partial charge is 0.573 e. The van der Waals surface area contributed by atoms with Crippen molar-refractivity contribution in [3.8, 4) is 5.75 Å². The minimum absolute atomic E-state index is 0.138. The van der Waals surface area contributed by atoms with Crippen molar-refractivity contribution in [3.63, 3.8) is 0 Å². The maximum Gasteiger partial charge on any atom is 0.573 e. The molecule has 2 aliphatic heterocycles. The number of benzene rings is 1. The lowest BCUT2D eigenvalue weighted by atomic mass is 9.98. The molecular weight excluding hydrogens is 419 g/mol. The number of ether oxygens (including phenoxy) is 1. The fraction of sp³-hybridized carbons (Fsp3) is 0.316. The molecule has 1 N–H and O–H groups in total. The fourth-order valence-electron chi connectivity index (χ4n) is 3.64. The number of anilines is 1. The molecule has 4 amide bonds. The first kappa shape index (κ1) is 20.6. The predicted octanol–water partition coefficient (Wildman–Crippen LogP) is 2.10. The number of aromatic nitrogens is 2. The van der Waals surface area contributed by atoms with Gasteiger partial charge in [-0.1, -0.05) is 0 Å². The van der Waals surface area contributed by atoms with Crippen LogP contribution in [0.2, 0.25) is 0 Å². The van der Waals surface area contributed by atoms with E-state index in [0.29, 0.717) is 6.42 Å². The number of carbonyl (C=O) groups excluding carboxylic acids is 3. The first-order valence-electron chi connectivity index (χ1n) is 9.30. The third-order valence-electron chi connectivity index (χ3n) is 5.00. The van der Waals surface area contributed by atoms with Crippen molar-refractivity contribution in [1.29, 1.82) is 0 Å². The van der Waals surface area contributed by atoms with Gasteiger partial charge >= 0.3 is 12.4 Å². The summed E-state index contributed by atoms with van der Waals surface area (Å²) in [5, 5.41) is 2.79. The van der Waals surface area contributed by atoms with E-state index in [1.54, 1.807) is 0 Å². The molecule has 2 aliphatic rings. The number of carbonyl (C=O) groups is 3. The number of fused-ring (bicyclic) bond motifs is 1. The highest BCUT2D eigenvalue weighted by Crippen LogP contribution is 2.32. The highest BCUT2D eigenvalue weighted by atomic mass is 19.4. The Morgan fingerprint density at radius 3 is 2.55 bits per heavy atom. The summed E-state index contributed by atoms with van der Waals surface area (Å²) in [5.74, 6) is -1.40. The van der Waals surface area contributed by atoms with Crippen LogP contribution in [0.25, 0.3) is 0 Å². The Morgan fingerprint density at radius 2 is 1.90 bits per heavy atom. The Morgan fingerprint density at radius 1 is 1.16 bits per heavy atom. The van der Waals surface area contributed by atoms with Crippen LogP contribution in [0.5, 0.6) is 5.75 Å². The van der Waals surface area contributed by atoms with E-state index >= 15 is 0 Å². The second-order valence-corrected chi connectivity index (χ2v) is 6.99. The zero-order valence-corrected chi connectivity index (χ0v) is 15.9. The normalized spacial score (nSPS) is 21.1. The molecule has 0 radical (unpaired) electrons. The van der Waals surface area contributed by atoms with Crippen LogP contribution in [0, 0.1) is 0 Å². The topological polar surface area (TPSA) is 105 Å². The maximum absolute atomic E-state index is 12.9. The number of alkyl halides is 3. The minimum Gasteiger partial charge on any atom is -0.406 e. The number of urea groups is 1. The summed E-state index contributed by atoms with van der Waals surface area (Å²) in [7, 11) is 0. The van der Waals surface area contributed by atoms with Crippen LogP contribution in [-0.2, 0) is 4.79 Å². The molecule has 9 nitrogen and oxygen atoms in total. The second-order valence-electron chi connectivity index (χ2n) is 6.99. The van der Waals surface area contributed by atoms with Crippen molar-refractivity contribution in [1.82, 2.24) is 20.2 Å². The third kappa shape index (κ3) is 4.27. The molecule has 0 aliphatic carbocycles. The quantitative estimate of drug-likeness (QED) is 0.738. The Labute approximate surface area is 173 Å². The Hall–Kier alpha value is -3.70. The number of nitrogens with one attached hydrogen (secondary N) is 1. The Bertz CT molecular complexity index is 1000. The number of nitrogens with zero attached hydrogens (tertiary/aromatic N) is 4. The van der Waals surface area contributed by atoms with E-state index in [1.807, 2.05) is 0 Å². The van der Waals surface area contributed by atoms with Gasteiger partial charge in [-0.2, -0.15) is 0 Å². The van der Waals surface area contributed by atoms with Gasteiger partial charge in [0.2, 0.25) is 0 Å². The van der Waals surface area contributed by atoms with Crippen LogP contribution in [-0.4, -0.2) is 57.7 Å². The van der Waals surface area contributed by atoms with Gasteiger partial charge in [-0.15, -0.1) is 13.2 Å². The third-order valence-corrected chi connectivity index (χ3v) is 5.00. The van der Waals surface area contributed by atoms with Gasteiger partial charge in [0.15, 0.2) is 0 Å². The SMILES string of the molecule is O=C(NC1CCN2C(=O)N(c3ccc(OC(F)(F)F)cc3)C(=O)C2C1)c1cnccn1. The van der Waals surface area contributed by atoms with Crippen LogP contribution < -0.4 is 15.0 Å². The highest BCUT2D eigenvalue weighted by Gasteiger charge is 2.48. The van der Waals surface area contributed by atoms with E-state index in [2.05, 4.69) is 20.0 Å². The fourth-order valence-corrected chi connectivity index (χ4v) is 3.64. The first-order chi connectivity index (χ1) is 14.7. The minimum atomic E-state index is -4.84. The Kier molecular flexibility index (Phi) is 5.21. The molecular formula is C19H16F3N5O4. The van der Waals surface area contributed by atoms with Gasteiger partial charge in [-0.05, 0) is 37.1 Å². The van der Waals surface area contributed by atoms with Crippen molar-refractivity contribution in [2.24, 2.45) is 0 Å². The number of halogens is 3. The van der Waals surface area contributed by atoms with Crippen LogP contribution in [0.4, 0.5) is 23.7 Å². The molecule has 12 heteroatoms. The molecule has 2 saturated heterocycles. The zero-order chi connectivity index (χ0) is 22.2. The molecule has 31 heavy (non-hydrogen) atoms. The summed E-state index contributed by atoms with van der Waals surface area (Å²) < 4.78 is 40.8. The van der Waals surface area contributed by atoms with Crippen LogP contribution >= 0.6 is 0 Å². The monoisotopic (exact) mass is 435 g/mol. The highest BCUT2D eigenvalue weighted by molar-refractivity contribution is 6.21. The predicted molar refractivity (Wildman–Crippen MR) is 99.0 cm³/mol. The van der Waals surface area contributed by atoms with Gasteiger partial charge in [-0.25, -0.2) is 14.7 Å². The molecule has 2 atom stereocenters. The molecule has 1 aromatic heterocycles. The number of imide groups is 1. The summed E-state index contributed by atoms with van der Waals surface area (Å²) in [6, 6.07) is 2.80. The number of piperidine rings is 1. The lowest BCUT2D eigenvalue weighted by Crippen LogP contribution is -2.49. The lowest BCUT2D eigenvalue weighted by molar-refractivity contribution is -0.274. The van der Waals surface area contributed by atoms with Crippen LogP contribution in [0.1, 0.15) is 23.3 Å². The molecule has 2 unspecified atom stereocenters. The molecule has 4 rings (SSSR count). The molecule has 0 spiro atoms. The van der Waals surface area contributed by atoms with Crippen molar-refractivity contribution in [2.45, 2.75) is 31.3 Å². The van der Waals surface area contributed by atoms with E-state index in [-0.39, 0.29) is 30.4 Å². The van der Waals surface area contributed by atoms with E-state index in [9.17, 15) is 27.6 Å². The average Bonchev–Trinajstić information content (AvgIpc) is 2.98. The van der Waals surface area contributed by atoms with Gasteiger partial charge in [0.1, 0.15) is 17.5 Å². The smallest absolute Gasteiger partial charge is 0.406 e. The average molecular weight is 435 g/mol. The molecule has 162 valence electrons. The first-order valence-corrected chi connectivity index (χ1v) is 9.30. The van der Waals surface area contributed by atoms with Gasteiger partial charge < -0.3 is 15.0 Å². The molecule has 2 aromatic rings. The van der Waals surface area contributed by atoms with Crippen molar-refractivity contribution in [2.75, 3.05) is 11.4 Å². The van der Waals surface area contributed by atoms with Crippen molar-refractivity contribution in [3.05, 3.63) is 48.5 Å². The van der Waals surface area contributed by atoms with Gasteiger partial charge in [0.25, 0.3) is 11.8 Å². The van der Waals surface area contributed by atoms with Crippen LogP contribution in [0.3, 0.4) is 0 Å². The van der Waals surface area contributed by atoms with E-state index in [0.717, 1.165) is 17.0 Å². The number of hydrogen-bond acceptors (Lipinski definition) is 6. The Balaban J connectivity index is 1.45. The lowest BCUT2D eigenvalue weighted by Gasteiger charge is -2.32. The van der Waals surface area contributed by atoms with Gasteiger partial charge in [0, 0.05) is 25.0 Å². The molecule has 0 bridgehead atoms. The number of hydrogen-bond donors (Lipinski definition) is 1. The van der Waals surface area contributed by atoms with Gasteiger partial charge in [0.05, 0.1) is 11.9 Å². The summed E-state index contributed by atoms with van der Waals surface area (Å²) in [6.45, 7) is 0.242. The number of amides is 4. The summed E-state index contributed by atoms with van der Waals surface area (Å²) in [4.78, 5) is 48.0. The summed E-state index contributed by atoms with van der Waals surface area (Å²) in [5.41, 5.74) is 0.278. The molecule has 2 fully saturated rings. The van der Waals surface area contributed by atoms with E-state index in [1.165, 1.54) is 35.6 Å². The number of rotatable bonds is 4. The maximum atomic E-state index is 12.9. The summed E-state index contributed by atoms with van der Waals surface area (Å²) >= 11 is 0. The second kappa shape index (κ2) is 7.85. The molecule has 1 aromatic carbocycles.